The quantitative estimate of drug-likeness (QED) is 0.708. The third-order valence-electron chi connectivity index (χ3n) is 1.76. The molecule has 0 spiro atoms. The largest absolute Gasteiger partial charge is 0.307 e. The summed E-state index contributed by atoms with van der Waals surface area (Å²) < 4.78 is 0. The Bertz CT molecular complexity index is 298. The standard InChI is InChI=1S/C9H10N2O2/c1-10-8(9(12)11-13)7-5-3-2-4-6-7/h2-6,8,10H,1H3. The van der Waals surface area contributed by atoms with Crippen LogP contribution in [0, 0.1) is 4.91 Å². The van der Waals surface area contributed by atoms with Gasteiger partial charge in [-0.25, -0.2) is 0 Å². The highest BCUT2D eigenvalue weighted by Gasteiger charge is 2.18. The van der Waals surface area contributed by atoms with E-state index in [1.807, 2.05) is 6.07 Å². The zero-order chi connectivity index (χ0) is 9.68. The number of amides is 1. The topological polar surface area (TPSA) is 58.5 Å². The third-order valence-corrected chi connectivity index (χ3v) is 1.76. The first-order chi connectivity index (χ1) is 6.29. The van der Waals surface area contributed by atoms with Gasteiger partial charge in [-0.1, -0.05) is 30.3 Å². The minimum Gasteiger partial charge on any atom is -0.305 e. The number of hydrogen-bond acceptors (Lipinski definition) is 3. The van der Waals surface area contributed by atoms with E-state index in [9.17, 15) is 9.70 Å². The molecule has 1 N–H and O–H groups in total. The summed E-state index contributed by atoms with van der Waals surface area (Å²) in [5, 5.41) is 5.11. The lowest BCUT2D eigenvalue weighted by atomic mass is 10.1. The molecule has 4 heteroatoms. The molecule has 13 heavy (non-hydrogen) atoms. The van der Waals surface area contributed by atoms with Crippen molar-refractivity contribution >= 4 is 5.91 Å². The fourth-order valence-corrected chi connectivity index (χ4v) is 1.13. The second kappa shape index (κ2) is 4.47. The van der Waals surface area contributed by atoms with E-state index in [1.165, 1.54) is 0 Å². The van der Waals surface area contributed by atoms with E-state index < -0.39 is 11.9 Å². The maximum Gasteiger partial charge on any atom is 0.307 e. The molecule has 1 atom stereocenters. The average molecular weight is 178 g/mol. The summed E-state index contributed by atoms with van der Waals surface area (Å²) in [5.41, 5.74) is 0.745. The summed E-state index contributed by atoms with van der Waals surface area (Å²) in [4.78, 5) is 21.0. The molecule has 1 aromatic carbocycles. The molecule has 1 rings (SSSR count). The van der Waals surface area contributed by atoms with Crippen molar-refractivity contribution in [3.63, 3.8) is 0 Å². The van der Waals surface area contributed by atoms with E-state index >= 15 is 0 Å². The predicted octanol–water partition coefficient (Wildman–Crippen LogP) is 1.24. The molecule has 0 aliphatic rings. The van der Waals surface area contributed by atoms with Crippen LogP contribution in [-0.4, -0.2) is 13.0 Å². The molecule has 0 bridgehead atoms. The van der Waals surface area contributed by atoms with Gasteiger partial charge in [0.1, 0.15) is 6.04 Å². The molecule has 0 radical (unpaired) electrons. The Hall–Kier alpha value is -1.55. The minimum absolute atomic E-state index is 0.626. The molecular formula is C9H10N2O2. The molecule has 0 saturated heterocycles. The van der Waals surface area contributed by atoms with Crippen LogP contribution in [-0.2, 0) is 4.79 Å². The van der Waals surface area contributed by atoms with Crippen LogP contribution < -0.4 is 5.32 Å². The van der Waals surface area contributed by atoms with E-state index in [0.29, 0.717) is 0 Å². The normalized spacial score (nSPS) is 12.1. The first-order valence-corrected chi connectivity index (χ1v) is 3.89. The molecule has 0 aliphatic heterocycles. The van der Waals surface area contributed by atoms with Crippen LogP contribution in [0.15, 0.2) is 35.5 Å². The molecule has 68 valence electrons. The van der Waals surface area contributed by atoms with Gasteiger partial charge in [0, 0.05) is 5.18 Å². The summed E-state index contributed by atoms with van der Waals surface area (Å²) in [5.74, 6) is -0.700. The lowest BCUT2D eigenvalue weighted by Crippen LogP contribution is -2.23. The second-order valence-electron chi connectivity index (χ2n) is 2.56. The molecule has 4 nitrogen and oxygen atoms in total. The maximum atomic E-state index is 11.0. The maximum absolute atomic E-state index is 11.0. The molecule has 0 saturated carbocycles. The number of likely N-dealkylation sites (N-methyl/N-ethyl adjacent to an activating group) is 1. The van der Waals surface area contributed by atoms with Gasteiger partial charge in [0.15, 0.2) is 0 Å². The number of rotatable bonds is 3. The van der Waals surface area contributed by atoms with E-state index in [2.05, 4.69) is 10.5 Å². The number of carbonyl (C=O) groups excluding carboxylic acids is 1. The summed E-state index contributed by atoms with van der Waals surface area (Å²) in [6.07, 6.45) is 0. The third kappa shape index (κ3) is 2.19. The summed E-state index contributed by atoms with van der Waals surface area (Å²) in [7, 11) is 1.61. The number of nitrogens with zero attached hydrogens (tertiary/aromatic N) is 1. The first-order valence-electron chi connectivity index (χ1n) is 3.89. The number of carbonyl (C=O) groups is 1. The van der Waals surface area contributed by atoms with Crippen molar-refractivity contribution in [2.75, 3.05) is 7.05 Å². The Morgan fingerprint density at radius 1 is 1.38 bits per heavy atom. The van der Waals surface area contributed by atoms with Gasteiger partial charge in [-0.15, -0.1) is 4.91 Å². The highest BCUT2D eigenvalue weighted by atomic mass is 16.3. The Morgan fingerprint density at radius 2 is 2.00 bits per heavy atom. The van der Waals surface area contributed by atoms with Crippen LogP contribution in [0.3, 0.4) is 0 Å². The Labute approximate surface area is 75.9 Å². The Kier molecular flexibility index (Phi) is 3.28. The molecule has 0 aromatic heterocycles. The second-order valence-corrected chi connectivity index (χ2v) is 2.56. The van der Waals surface area contributed by atoms with Crippen molar-refractivity contribution in [1.29, 1.82) is 0 Å². The molecule has 1 aromatic rings. The van der Waals surface area contributed by atoms with Gasteiger partial charge >= 0.3 is 5.91 Å². The lowest BCUT2D eigenvalue weighted by molar-refractivity contribution is -0.119. The van der Waals surface area contributed by atoms with Crippen LogP contribution in [0.25, 0.3) is 0 Å². The van der Waals surface area contributed by atoms with E-state index in [-0.39, 0.29) is 0 Å². The smallest absolute Gasteiger partial charge is 0.305 e. The lowest BCUT2D eigenvalue weighted by Gasteiger charge is -2.09. The number of nitroso groups, excluding NO2 is 1. The minimum atomic E-state index is -0.700. The summed E-state index contributed by atoms with van der Waals surface area (Å²) >= 11 is 0. The van der Waals surface area contributed by atoms with Gasteiger partial charge in [0.05, 0.1) is 0 Å². The average Bonchev–Trinajstić information content (AvgIpc) is 2.20. The van der Waals surface area contributed by atoms with Gasteiger partial charge in [-0.3, -0.25) is 4.79 Å². The summed E-state index contributed by atoms with van der Waals surface area (Å²) in [6, 6.07) is 8.36. The zero-order valence-electron chi connectivity index (χ0n) is 7.23. The number of benzene rings is 1. The van der Waals surface area contributed by atoms with Crippen LogP contribution in [0.5, 0.6) is 0 Å². The van der Waals surface area contributed by atoms with Crippen molar-refractivity contribution in [3.05, 3.63) is 40.8 Å². The van der Waals surface area contributed by atoms with E-state index in [1.54, 1.807) is 31.3 Å². The van der Waals surface area contributed by atoms with Gasteiger partial charge in [-0.05, 0) is 12.6 Å². The highest BCUT2D eigenvalue weighted by Crippen LogP contribution is 2.12. The Balaban J connectivity index is 2.91. The molecule has 0 heterocycles. The van der Waals surface area contributed by atoms with Crippen molar-refractivity contribution < 1.29 is 4.79 Å². The monoisotopic (exact) mass is 178 g/mol. The first kappa shape index (κ1) is 9.54. The van der Waals surface area contributed by atoms with Crippen LogP contribution >= 0.6 is 0 Å². The van der Waals surface area contributed by atoms with E-state index in [4.69, 9.17) is 0 Å². The van der Waals surface area contributed by atoms with Crippen LogP contribution in [0.1, 0.15) is 11.6 Å². The predicted molar refractivity (Wildman–Crippen MR) is 49.0 cm³/mol. The van der Waals surface area contributed by atoms with Crippen LogP contribution in [0.4, 0.5) is 0 Å². The van der Waals surface area contributed by atoms with E-state index in [0.717, 1.165) is 5.56 Å². The molecule has 1 amide bonds. The van der Waals surface area contributed by atoms with Gasteiger partial charge in [0.2, 0.25) is 0 Å². The van der Waals surface area contributed by atoms with Crippen molar-refractivity contribution in [1.82, 2.24) is 5.32 Å². The summed E-state index contributed by atoms with van der Waals surface area (Å²) in [6.45, 7) is 0. The fraction of sp³-hybridized carbons (Fsp3) is 0.222. The van der Waals surface area contributed by atoms with Gasteiger partial charge < -0.3 is 5.32 Å². The number of hydrogen-bond donors (Lipinski definition) is 1. The highest BCUT2D eigenvalue weighted by molar-refractivity contribution is 5.83. The fourth-order valence-electron chi connectivity index (χ4n) is 1.13. The molecule has 0 fully saturated rings. The SMILES string of the molecule is CNC(C(=O)N=O)c1ccccc1. The van der Waals surface area contributed by atoms with Gasteiger partial charge in [-0.2, -0.15) is 0 Å². The molecule has 0 aliphatic carbocycles. The molecule has 1 unspecified atom stereocenters. The van der Waals surface area contributed by atoms with Gasteiger partial charge in [0.25, 0.3) is 0 Å². The Morgan fingerprint density at radius 3 is 2.46 bits per heavy atom. The van der Waals surface area contributed by atoms with Crippen molar-refractivity contribution in [3.8, 4) is 0 Å². The van der Waals surface area contributed by atoms with Crippen molar-refractivity contribution in [2.24, 2.45) is 5.18 Å². The number of nitrogens with one attached hydrogen (secondary N) is 1. The zero-order valence-corrected chi connectivity index (χ0v) is 7.23. The molecular weight excluding hydrogens is 168 g/mol. The van der Waals surface area contributed by atoms with Crippen molar-refractivity contribution in [2.45, 2.75) is 6.04 Å². The van der Waals surface area contributed by atoms with Crippen LogP contribution in [0.2, 0.25) is 0 Å².